The van der Waals surface area contributed by atoms with Gasteiger partial charge in [0.25, 0.3) is 5.91 Å². The Morgan fingerprint density at radius 1 is 0.967 bits per heavy atom. The molecule has 1 aromatic heterocycles. The van der Waals surface area contributed by atoms with Crippen LogP contribution in [0.25, 0.3) is 0 Å². The lowest BCUT2D eigenvalue weighted by Gasteiger charge is -2.10. The van der Waals surface area contributed by atoms with Crippen LogP contribution in [0.1, 0.15) is 37.5 Å². The van der Waals surface area contributed by atoms with Gasteiger partial charge in [-0.25, -0.2) is 10.2 Å². The molecule has 0 spiro atoms. The topological polar surface area (TPSA) is 89.9 Å². The lowest BCUT2D eigenvalue weighted by Crippen LogP contribution is -2.17. The van der Waals surface area contributed by atoms with E-state index in [4.69, 9.17) is 9.47 Å². The van der Waals surface area contributed by atoms with E-state index in [1.807, 2.05) is 26.0 Å². The normalized spacial score (nSPS) is 10.6. The predicted octanol–water partition coefficient (Wildman–Crippen LogP) is 3.69. The molecule has 0 saturated carbocycles. The van der Waals surface area contributed by atoms with Gasteiger partial charge in [0.15, 0.2) is 11.5 Å². The van der Waals surface area contributed by atoms with Gasteiger partial charge in [-0.05, 0) is 61.9 Å². The molecular formula is C23H21N3O4. The van der Waals surface area contributed by atoms with Crippen molar-refractivity contribution >= 4 is 18.1 Å². The largest absolute Gasteiger partial charge is 0.493 e. The number of amides is 1. The quantitative estimate of drug-likeness (QED) is 0.293. The number of aromatic nitrogens is 1. The SMILES string of the molecule is COc1cc(C=NNC(=O)c2ccc(C)nc2)ccc1OC(=O)c1ccc(C)cc1. The van der Waals surface area contributed by atoms with E-state index < -0.39 is 5.97 Å². The number of pyridine rings is 1. The van der Waals surface area contributed by atoms with Gasteiger partial charge in [0, 0.05) is 11.9 Å². The van der Waals surface area contributed by atoms with E-state index in [1.54, 1.807) is 42.5 Å². The third kappa shape index (κ3) is 5.29. The molecule has 3 rings (SSSR count). The highest BCUT2D eigenvalue weighted by molar-refractivity contribution is 5.94. The van der Waals surface area contributed by atoms with E-state index in [2.05, 4.69) is 15.5 Å². The number of methoxy groups -OCH3 is 1. The highest BCUT2D eigenvalue weighted by Gasteiger charge is 2.13. The summed E-state index contributed by atoms with van der Waals surface area (Å²) in [6.07, 6.45) is 2.95. The van der Waals surface area contributed by atoms with Crippen LogP contribution < -0.4 is 14.9 Å². The third-order valence-corrected chi connectivity index (χ3v) is 4.23. The minimum Gasteiger partial charge on any atom is -0.493 e. The first-order valence-electron chi connectivity index (χ1n) is 9.19. The summed E-state index contributed by atoms with van der Waals surface area (Å²) < 4.78 is 10.8. The zero-order chi connectivity index (χ0) is 21.5. The lowest BCUT2D eigenvalue weighted by atomic mass is 10.1. The molecule has 152 valence electrons. The molecule has 7 nitrogen and oxygen atoms in total. The van der Waals surface area contributed by atoms with Crippen LogP contribution in [-0.4, -0.2) is 30.2 Å². The summed E-state index contributed by atoms with van der Waals surface area (Å²) in [5.41, 5.74) is 5.83. The fraction of sp³-hybridized carbons (Fsp3) is 0.130. The molecule has 1 amide bonds. The number of esters is 1. The van der Waals surface area contributed by atoms with Gasteiger partial charge in [-0.15, -0.1) is 0 Å². The third-order valence-electron chi connectivity index (χ3n) is 4.23. The van der Waals surface area contributed by atoms with Crippen LogP contribution in [-0.2, 0) is 0 Å². The molecule has 0 aliphatic carbocycles. The zero-order valence-electron chi connectivity index (χ0n) is 16.9. The van der Waals surface area contributed by atoms with Crippen LogP contribution in [0.4, 0.5) is 0 Å². The maximum Gasteiger partial charge on any atom is 0.343 e. The van der Waals surface area contributed by atoms with Crippen LogP contribution >= 0.6 is 0 Å². The minimum atomic E-state index is -0.478. The van der Waals surface area contributed by atoms with Crippen molar-refractivity contribution in [1.29, 1.82) is 0 Å². The number of aryl methyl sites for hydroxylation is 2. The van der Waals surface area contributed by atoms with E-state index >= 15 is 0 Å². The van der Waals surface area contributed by atoms with Crippen molar-refractivity contribution in [2.45, 2.75) is 13.8 Å². The second-order valence-electron chi connectivity index (χ2n) is 6.55. The van der Waals surface area contributed by atoms with Crippen LogP contribution in [0, 0.1) is 13.8 Å². The average molecular weight is 403 g/mol. The molecule has 0 radical (unpaired) electrons. The number of benzene rings is 2. The van der Waals surface area contributed by atoms with Crippen LogP contribution in [0.3, 0.4) is 0 Å². The maximum atomic E-state index is 12.3. The lowest BCUT2D eigenvalue weighted by molar-refractivity contribution is 0.0729. The molecule has 0 fully saturated rings. The molecule has 1 heterocycles. The van der Waals surface area contributed by atoms with Crippen molar-refractivity contribution < 1.29 is 19.1 Å². The molecule has 7 heteroatoms. The van der Waals surface area contributed by atoms with Crippen molar-refractivity contribution in [3.63, 3.8) is 0 Å². The van der Waals surface area contributed by atoms with Gasteiger partial charge < -0.3 is 9.47 Å². The summed E-state index contributed by atoms with van der Waals surface area (Å²) in [5, 5.41) is 3.95. The van der Waals surface area contributed by atoms with Gasteiger partial charge in [0.2, 0.25) is 0 Å². The number of nitrogens with one attached hydrogen (secondary N) is 1. The molecule has 1 N–H and O–H groups in total. The molecule has 0 atom stereocenters. The summed E-state index contributed by atoms with van der Waals surface area (Å²) in [6.45, 7) is 3.79. The van der Waals surface area contributed by atoms with Gasteiger partial charge in [-0.3, -0.25) is 9.78 Å². The van der Waals surface area contributed by atoms with Crippen molar-refractivity contribution in [3.8, 4) is 11.5 Å². The number of nitrogens with zero attached hydrogens (tertiary/aromatic N) is 2. The van der Waals surface area contributed by atoms with Crippen LogP contribution in [0.2, 0.25) is 0 Å². The second kappa shape index (κ2) is 9.47. The number of ether oxygens (including phenoxy) is 2. The summed E-state index contributed by atoms with van der Waals surface area (Å²) in [4.78, 5) is 28.5. The Bertz CT molecular complexity index is 1070. The fourth-order valence-electron chi connectivity index (χ4n) is 2.53. The molecule has 0 aliphatic heterocycles. The number of carbonyl (C=O) groups excluding carboxylic acids is 2. The monoisotopic (exact) mass is 403 g/mol. The van der Waals surface area contributed by atoms with Gasteiger partial charge in [0.1, 0.15) is 0 Å². The number of hydrogen-bond donors (Lipinski definition) is 1. The van der Waals surface area contributed by atoms with Crippen LogP contribution in [0.5, 0.6) is 11.5 Å². The predicted molar refractivity (Wildman–Crippen MR) is 113 cm³/mol. The highest BCUT2D eigenvalue weighted by Crippen LogP contribution is 2.28. The first-order valence-corrected chi connectivity index (χ1v) is 9.19. The summed E-state index contributed by atoms with van der Waals surface area (Å²) in [6, 6.07) is 15.5. The smallest absolute Gasteiger partial charge is 0.343 e. The molecule has 3 aromatic rings. The molecule has 0 bridgehead atoms. The molecular weight excluding hydrogens is 382 g/mol. The van der Waals surface area contributed by atoms with E-state index in [9.17, 15) is 9.59 Å². The van der Waals surface area contributed by atoms with E-state index in [0.29, 0.717) is 22.4 Å². The first kappa shape index (κ1) is 20.7. The molecule has 2 aromatic carbocycles. The van der Waals surface area contributed by atoms with E-state index in [0.717, 1.165) is 11.3 Å². The van der Waals surface area contributed by atoms with Crippen molar-refractivity contribution in [2.24, 2.45) is 5.10 Å². The molecule has 0 saturated heterocycles. The summed E-state index contributed by atoms with van der Waals surface area (Å²) >= 11 is 0. The van der Waals surface area contributed by atoms with Gasteiger partial charge in [-0.1, -0.05) is 17.7 Å². The Hall–Kier alpha value is -4.00. The summed E-state index contributed by atoms with van der Waals surface area (Å²) in [5.74, 6) is -0.188. The maximum absolute atomic E-state index is 12.3. The number of hydrazone groups is 1. The van der Waals surface area contributed by atoms with Gasteiger partial charge in [-0.2, -0.15) is 5.10 Å². The first-order chi connectivity index (χ1) is 14.5. The molecule has 0 unspecified atom stereocenters. The van der Waals surface area contributed by atoms with Gasteiger partial charge >= 0.3 is 5.97 Å². The van der Waals surface area contributed by atoms with E-state index in [1.165, 1.54) is 19.5 Å². The number of carbonyl (C=O) groups is 2. The van der Waals surface area contributed by atoms with Crippen molar-refractivity contribution in [2.75, 3.05) is 7.11 Å². The Morgan fingerprint density at radius 2 is 1.70 bits per heavy atom. The van der Waals surface area contributed by atoms with Crippen LogP contribution in [0.15, 0.2) is 65.9 Å². The van der Waals surface area contributed by atoms with Crippen molar-refractivity contribution in [1.82, 2.24) is 10.4 Å². The van der Waals surface area contributed by atoms with Crippen molar-refractivity contribution in [3.05, 3.63) is 88.7 Å². The second-order valence-corrected chi connectivity index (χ2v) is 6.55. The Morgan fingerprint density at radius 3 is 2.37 bits per heavy atom. The minimum absolute atomic E-state index is 0.287. The highest BCUT2D eigenvalue weighted by atomic mass is 16.6. The van der Waals surface area contributed by atoms with Gasteiger partial charge in [0.05, 0.1) is 24.5 Å². The molecule has 0 aliphatic rings. The Kier molecular flexibility index (Phi) is 6.54. The Labute approximate surface area is 174 Å². The number of hydrogen-bond acceptors (Lipinski definition) is 6. The number of rotatable bonds is 6. The van der Waals surface area contributed by atoms with E-state index in [-0.39, 0.29) is 11.7 Å². The summed E-state index contributed by atoms with van der Waals surface area (Å²) in [7, 11) is 1.48. The molecule has 30 heavy (non-hydrogen) atoms. The standard InChI is InChI=1S/C23H21N3O4/c1-15-4-8-18(9-5-15)23(28)30-20-11-7-17(12-21(20)29-3)13-25-26-22(27)19-10-6-16(2)24-14-19/h4-14H,1-3H3,(H,26,27). The fourth-order valence-corrected chi connectivity index (χ4v) is 2.53. The average Bonchev–Trinajstić information content (AvgIpc) is 2.75. The zero-order valence-corrected chi connectivity index (χ0v) is 16.9. The Balaban J connectivity index is 1.66.